The summed E-state index contributed by atoms with van der Waals surface area (Å²) < 4.78 is 41.1. The molecule has 1 N–H and O–H groups in total. The zero-order chi connectivity index (χ0) is 19.3. The maximum atomic E-state index is 13.1. The number of carbonyl (C=O) groups excluding carboxylic acids is 1. The number of halogens is 1. The lowest BCUT2D eigenvalue weighted by Crippen LogP contribution is -2.50. The van der Waals surface area contributed by atoms with E-state index in [-0.39, 0.29) is 17.2 Å². The van der Waals surface area contributed by atoms with Gasteiger partial charge in [0.1, 0.15) is 11.9 Å². The average Bonchev–Trinajstić information content (AvgIpc) is 2.68. The van der Waals surface area contributed by atoms with Crippen LogP contribution in [0.5, 0.6) is 0 Å². The summed E-state index contributed by atoms with van der Waals surface area (Å²) in [5.41, 5.74) is 0.870. The Balaban J connectivity index is 1.84. The molecule has 144 valence electrons. The average molecular weight is 390 g/mol. The molecule has 0 aromatic heterocycles. The van der Waals surface area contributed by atoms with Crippen molar-refractivity contribution < 1.29 is 17.6 Å². The Morgan fingerprint density at radius 2 is 1.63 bits per heavy atom. The fourth-order valence-corrected chi connectivity index (χ4v) is 4.42. The number of rotatable bonds is 6. The first-order chi connectivity index (χ1) is 13.0. The summed E-state index contributed by atoms with van der Waals surface area (Å²) in [6, 6.07) is 13.0. The molecular weight excluding hydrogens is 367 g/mol. The van der Waals surface area contributed by atoms with E-state index in [9.17, 15) is 17.6 Å². The second-order valence-electron chi connectivity index (χ2n) is 6.70. The number of carbonyl (C=O) groups is 1. The molecule has 5 nitrogen and oxygen atoms in total. The highest BCUT2D eigenvalue weighted by molar-refractivity contribution is 7.89. The van der Waals surface area contributed by atoms with Crippen LogP contribution in [0.15, 0.2) is 59.5 Å². The highest BCUT2D eigenvalue weighted by atomic mass is 32.2. The van der Waals surface area contributed by atoms with E-state index in [2.05, 4.69) is 4.72 Å². The zero-order valence-electron chi connectivity index (χ0n) is 15.0. The van der Waals surface area contributed by atoms with Crippen LogP contribution >= 0.6 is 0 Å². The van der Waals surface area contributed by atoms with Crippen molar-refractivity contribution in [2.45, 2.75) is 36.6 Å². The molecule has 1 saturated heterocycles. The number of hydrogen-bond acceptors (Lipinski definition) is 3. The Bertz CT molecular complexity index is 864. The number of hydrogen-bond donors (Lipinski definition) is 1. The fourth-order valence-electron chi connectivity index (χ4n) is 3.23. The molecule has 1 amide bonds. The van der Waals surface area contributed by atoms with Gasteiger partial charge in [0.05, 0.1) is 4.90 Å². The standard InChI is InChI=1S/C20H23FN2O3S/c21-17-9-11-18(12-10-17)27(25,26)22-19(15-16-7-3-1-4-8-16)20(24)23-13-5-2-6-14-23/h1,3-4,7-12,19,22H,2,5-6,13-15H2/t19-/m0/s1. The van der Waals surface area contributed by atoms with Gasteiger partial charge in [-0.05, 0) is 55.5 Å². The highest BCUT2D eigenvalue weighted by Gasteiger charge is 2.30. The van der Waals surface area contributed by atoms with E-state index in [1.54, 1.807) is 4.90 Å². The van der Waals surface area contributed by atoms with Gasteiger partial charge in [-0.25, -0.2) is 12.8 Å². The van der Waals surface area contributed by atoms with Crippen molar-refractivity contribution in [2.24, 2.45) is 0 Å². The molecule has 1 heterocycles. The predicted octanol–water partition coefficient (Wildman–Crippen LogP) is 2.73. The molecule has 1 aliphatic rings. The largest absolute Gasteiger partial charge is 0.341 e. The number of piperidine rings is 1. The molecule has 1 atom stereocenters. The number of amides is 1. The molecule has 3 rings (SSSR count). The second kappa shape index (κ2) is 8.63. The Kier molecular flexibility index (Phi) is 6.23. The number of nitrogens with zero attached hydrogens (tertiary/aromatic N) is 1. The third-order valence-electron chi connectivity index (χ3n) is 4.67. The Hall–Kier alpha value is -2.25. The molecule has 0 aliphatic carbocycles. The second-order valence-corrected chi connectivity index (χ2v) is 8.42. The molecule has 2 aromatic carbocycles. The summed E-state index contributed by atoms with van der Waals surface area (Å²) in [6.07, 6.45) is 3.19. The molecule has 0 saturated carbocycles. The number of likely N-dealkylation sites (tertiary alicyclic amines) is 1. The minimum Gasteiger partial charge on any atom is -0.341 e. The summed E-state index contributed by atoms with van der Waals surface area (Å²) in [4.78, 5) is 14.7. The number of sulfonamides is 1. The lowest BCUT2D eigenvalue weighted by atomic mass is 10.0. The SMILES string of the molecule is O=C([C@H](Cc1ccccc1)NS(=O)(=O)c1ccc(F)cc1)N1CCCCC1. The molecular formula is C20H23FN2O3S. The minimum atomic E-state index is -3.94. The first kappa shape index (κ1) is 19.5. The van der Waals surface area contributed by atoms with E-state index in [0.29, 0.717) is 13.1 Å². The fraction of sp³-hybridized carbons (Fsp3) is 0.350. The normalized spacial score (nSPS) is 16.1. The smallest absolute Gasteiger partial charge is 0.241 e. The van der Waals surface area contributed by atoms with E-state index in [0.717, 1.165) is 37.0 Å². The predicted molar refractivity (Wildman–Crippen MR) is 101 cm³/mol. The van der Waals surface area contributed by atoms with Crippen molar-refractivity contribution in [1.82, 2.24) is 9.62 Å². The molecule has 1 fully saturated rings. The van der Waals surface area contributed by atoms with Crippen molar-refractivity contribution in [3.63, 3.8) is 0 Å². The molecule has 0 spiro atoms. The van der Waals surface area contributed by atoms with Crippen molar-refractivity contribution in [3.8, 4) is 0 Å². The van der Waals surface area contributed by atoms with Crippen molar-refractivity contribution in [2.75, 3.05) is 13.1 Å². The van der Waals surface area contributed by atoms with Gasteiger partial charge in [0.15, 0.2) is 0 Å². The van der Waals surface area contributed by atoms with Crippen molar-refractivity contribution >= 4 is 15.9 Å². The van der Waals surface area contributed by atoms with Gasteiger partial charge in [0, 0.05) is 13.1 Å². The summed E-state index contributed by atoms with van der Waals surface area (Å²) in [7, 11) is -3.94. The van der Waals surface area contributed by atoms with E-state index < -0.39 is 21.9 Å². The van der Waals surface area contributed by atoms with Gasteiger partial charge in [-0.3, -0.25) is 4.79 Å². The number of nitrogens with one attached hydrogen (secondary N) is 1. The lowest BCUT2D eigenvalue weighted by Gasteiger charge is -2.30. The first-order valence-corrected chi connectivity index (χ1v) is 10.5. The Labute approximate surface area is 159 Å². The Morgan fingerprint density at radius 3 is 2.26 bits per heavy atom. The summed E-state index contributed by atoms with van der Waals surface area (Å²) in [5, 5.41) is 0. The summed E-state index contributed by atoms with van der Waals surface area (Å²) in [5.74, 6) is -0.733. The van der Waals surface area contributed by atoms with Crippen LogP contribution in [0.4, 0.5) is 4.39 Å². The maximum Gasteiger partial charge on any atom is 0.241 e. The van der Waals surface area contributed by atoms with E-state index >= 15 is 0 Å². The summed E-state index contributed by atoms with van der Waals surface area (Å²) >= 11 is 0. The minimum absolute atomic E-state index is 0.0617. The van der Waals surface area contributed by atoms with E-state index in [4.69, 9.17) is 0 Å². The zero-order valence-corrected chi connectivity index (χ0v) is 15.8. The maximum absolute atomic E-state index is 13.1. The molecule has 0 bridgehead atoms. The van der Waals surface area contributed by atoms with Gasteiger partial charge in [0.2, 0.25) is 15.9 Å². The van der Waals surface area contributed by atoms with Crippen LogP contribution in [0.2, 0.25) is 0 Å². The molecule has 0 unspecified atom stereocenters. The van der Waals surface area contributed by atoms with Gasteiger partial charge in [0.25, 0.3) is 0 Å². The third kappa shape index (κ3) is 5.14. The van der Waals surface area contributed by atoms with Crippen LogP contribution in [0.1, 0.15) is 24.8 Å². The topological polar surface area (TPSA) is 66.5 Å². The molecule has 0 radical (unpaired) electrons. The van der Waals surface area contributed by atoms with Gasteiger partial charge < -0.3 is 4.90 Å². The molecule has 27 heavy (non-hydrogen) atoms. The number of benzene rings is 2. The Morgan fingerprint density at radius 1 is 1.00 bits per heavy atom. The van der Waals surface area contributed by atoms with Crippen molar-refractivity contribution in [1.29, 1.82) is 0 Å². The van der Waals surface area contributed by atoms with Crippen LogP contribution < -0.4 is 4.72 Å². The molecule has 1 aliphatic heterocycles. The van der Waals surface area contributed by atoms with Crippen molar-refractivity contribution in [3.05, 3.63) is 66.0 Å². The van der Waals surface area contributed by atoms with Gasteiger partial charge in [-0.1, -0.05) is 30.3 Å². The van der Waals surface area contributed by atoms with Crippen LogP contribution in [0, 0.1) is 5.82 Å². The summed E-state index contributed by atoms with van der Waals surface area (Å²) in [6.45, 7) is 1.28. The van der Waals surface area contributed by atoms with E-state index in [1.807, 2.05) is 30.3 Å². The molecule has 7 heteroatoms. The quantitative estimate of drug-likeness (QED) is 0.825. The van der Waals surface area contributed by atoms with Gasteiger partial charge in [-0.2, -0.15) is 4.72 Å². The monoisotopic (exact) mass is 390 g/mol. The van der Waals surface area contributed by atoms with Crippen LogP contribution in [-0.2, 0) is 21.2 Å². The molecule has 2 aromatic rings. The third-order valence-corrected chi connectivity index (χ3v) is 6.16. The van der Waals surface area contributed by atoms with Crippen LogP contribution in [0.25, 0.3) is 0 Å². The van der Waals surface area contributed by atoms with Gasteiger partial charge in [-0.15, -0.1) is 0 Å². The lowest BCUT2D eigenvalue weighted by molar-refractivity contribution is -0.133. The van der Waals surface area contributed by atoms with Crippen LogP contribution in [0.3, 0.4) is 0 Å². The first-order valence-electron chi connectivity index (χ1n) is 9.06. The highest BCUT2D eigenvalue weighted by Crippen LogP contribution is 2.16. The van der Waals surface area contributed by atoms with E-state index in [1.165, 1.54) is 12.1 Å². The van der Waals surface area contributed by atoms with Crippen LogP contribution in [-0.4, -0.2) is 38.4 Å². The van der Waals surface area contributed by atoms with Gasteiger partial charge >= 0.3 is 0 Å².